The molecule has 1 aliphatic heterocycles. The van der Waals surface area contributed by atoms with E-state index in [0.717, 1.165) is 25.8 Å². The van der Waals surface area contributed by atoms with Crippen LogP contribution in [0, 0.1) is 5.82 Å². The van der Waals surface area contributed by atoms with Gasteiger partial charge in [0, 0.05) is 56.1 Å². The summed E-state index contributed by atoms with van der Waals surface area (Å²) in [6.45, 7) is 2.86. The number of benzene rings is 2. The summed E-state index contributed by atoms with van der Waals surface area (Å²) < 4.78 is 30.3. The number of aromatic nitrogens is 3. The number of aromatic amines is 1. The number of hydrogen-bond donors (Lipinski definition) is 2. The minimum atomic E-state index is -0.470. The van der Waals surface area contributed by atoms with E-state index in [4.69, 9.17) is 19.1 Å². The van der Waals surface area contributed by atoms with Crippen molar-refractivity contribution in [3.63, 3.8) is 0 Å². The van der Waals surface area contributed by atoms with Gasteiger partial charge in [0.1, 0.15) is 18.0 Å². The summed E-state index contributed by atoms with van der Waals surface area (Å²) in [5.41, 5.74) is 4.02. The Kier molecular flexibility index (Phi) is 6.67. The topological polar surface area (TPSA) is 96.6 Å². The molecule has 2 aromatic carbocycles. The monoisotopic (exact) mass is 440 g/mol. The van der Waals surface area contributed by atoms with E-state index in [1.165, 1.54) is 18.2 Å². The quantitative estimate of drug-likeness (QED) is 0.421. The SMILES string of the molecule is CO.COCCOc1cc2[nH]nc(-c3cc(-c4ccc(N5CCC5)cc4)no3)c2cc1F. The zero-order valence-electron chi connectivity index (χ0n) is 18.0. The fraction of sp³-hybridized carbons (Fsp3) is 0.304. The number of aliphatic hydroxyl groups is 1. The summed E-state index contributed by atoms with van der Waals surface area (Å²) in [6.07, 6.45) is 1.24. The highest BCUT2D eigenvalue weighted by Crippen LogP contribution is 2.33. The molecule has 0 unspecified atom stereocenters. The van der Waals surface area contributed by atoms with Gasteiger partial charge < -0.3 is 24.0 Å². The summed E-state index contributed by atoms with van der Waals surface area (Å²) in [5.74, 6) is 0.147. The van der Waals surface area contributed by atoms with E-state index >= 15 is 0 Å². The first-order valence-corrected chi connectivity index (χ1v) is 10.3. The van der Waals surface area contributed by atoms with Crippen molar-refractivity contribution in [1.82, 2.24) is 15.4 Å². The Morgan fingerprint density at radius 1 is 1.12 bits per heavy atom. The van der Waals surface area contributed by atoms with Gasteiger partial charge in [-0.15, -0.1) is 0 Å². The van der Waals surface area contributed by atoms with E-state index < -0.39 is 5.82 Å². The van der Waals surface area contributed by atoms with Crippen molar-refractivity contribution in [3.8, 4) is 28.5 Å². The number of methoxy groups -OCH3 is 1. The molecule has 0 amide bonds. The third-order valence-corrected chi connectivity index (χ3v) is 5.29. The molecule has 2 aromatic heterocycles. The van der Waals surface area contributed by atoms with Crippen LogP contribution in [0.2, 0.25) is 0 Å². The molecule has 4 aromatic rings. The Morgan fingerprint density at radius 3 is 2.59 bits per heavy atom. The maximum absolute atomic E-state index is 14.5. The molecule has 1 fully saturated rings. The largest absolute Gasteiger partial charge is 0.488 e. The van der Waals surface area contributed by atoms with Crippen LogP contribution in [0.15, 0.2) is 47.0 Å². The van der Waals surface area contributed by atoms with Crippen LogP contribution in [-0.4, -0.2) is 61.0 Å². The first kappa shape index (κ1) is 21.8. The lowest BCUT2D eigenvalue weighted by Crippen LogP contribution is -2.36. The second-order valence-corrected chi connectivity index (χ2v) is 7.21. The van der Waals surface area contributed by atoms with Crippen molar-refractivity contribution < 1.29 is 23.5 Å². The van der Waals surface area contributed by atoms with E-state index in [1.807, 2.05) is 18.2 Å². The highest BCUT2D eigenvalue weighted by atomic mass is 19.1. The van der Waals surface area contributed by atoms with Crippen LogP contribution in [-0.2, 0) is 4.74 Å². The molecular formula is C23H25FN4O4. The number of rotatable bonds is 7. The predicted molar refractivity (Wildman–Crippen MR) is 119 cm³/mol. The number of halogens is 1. The summed E-state index contributed by atoms with van der Waals surface area (Å²) in [5, 5.41) is 19.0. The lowest BCUT2D eigenvalue weighted by molar-refractivity contribution is 0.144. The van der Waals surface area contributed by atoms with Crippen LogP contribution in [0.5, 0.6) is 5.75 Å². The van der Waals surface area contributed by atoms with Gasteiger partial charge in [0.25, 0.3) is 0 Å². The van der Waals surface area contributed by atoms with E-state index in [0.29, 0.717) is 34.7 Å². The van der Waals surface area contributed by atoms with Gasteiger partial charge in [-0.05, 0) is 24.6 Å². The molecule has 0 atom stereocenters. The van der Waals surface area contributed by atoms with E-state index in [2.05, 4.69) is 32.4 Å². The van der Waals surface area contributed by atoms with Gasteiger partial charge in [0.2, 0.25) is 0 Å². The normalized spacial score (nSPS) is 12.9. The van der Waals surface area contributed by atoms with E-state index in [-0.39, 0.29) is 12.4 Å². The van der Waals surface area contributed by atoms with Crippen LogP contribution in [0.3, 0.4) is 0 Å². The third kappa shape index (κ3) is 4.30. The van der Waals surface area contributed by atoms with Gasteiger partial charge in [0.05, 0.1) is 12.1 Å². The number of ether oxygens (including phenoxy) is 2. The van der Waals surface area contributed by atoms with Crippen molar-refractivity contribution in [2.24, 2.45) is 0 Å². The average Bonchev–Trinajstić information content (AvgIpc) is 3.42. The van der Waals surface area contributed by atoms with Crippen molar-refractivity contribution in [3.05, 3.63) is 48.3 Å². The molecule has 3 heterocycles. The lowest BCUT2D eigenvalue weighted by atomic mass is 10.1. The Bertz CT molecular complexity index is 1170. The van der Waals surface area contributed by atoms with Crippen molar-refractivity contribution in [2.45, 2.75) is 6.42 Å². The van der Waals surface area contributed by atoms with Gasteiger partial charge in [-0.25, -0.2) is 4.39 Å². The Balaban J connectivity index is 0.00000119. The molecule has 168 valence electrons. The smallest absolute Gasteiger partial charge is 0.188 e. The first-order chi connectivity index (χ1) is 15.7. The van der Waals surface area contributed by atoms with Crippen LogP contribution in [0.25, 0.3) is 33.6 Å². The molecule has 32 heavy (non-hydrogen) atoms. The number of nitrogens with zero attached hydrogens (tertiary/aromatic N) is 3. The average molecular weight is 440 g/mol. The van der Waals surface area contributed by atoms with Crippen LogP contribution >= 0.6 is 0 Å². The molecule has 5 rings (SSSR count). The highest BCUT2D eigenvalue weighted by molar-refractivity contribution is 5.92. The minimum Gasteiger partial charge on any atom is -0.488 e. The Hall–Kier alpha value is -3.43. The Labute approximate surface area is 184 Å². The van der Waals surface area contributed by atoms with E-state index in [9.17, 15) is 4.39 Å². The summed E-state index contributed by atoms with van der Waals surface area (Å²) >= 11 is 0. The van der Waals surface area contributed by atoms with Crippen molar-refractivity contribution >= 4 is 16.6 Å². The van der Waals surface area contributed by atoms with Gasteiger partial charge in [-0.2, -0.15) is 5.10 Å². The van der Waals surface area contributed by atoms with Crippen LogP contribution < -0.4 is 9.64 Å². The molecule has 9 heteroatoms. The lowest BCUT2D eigenvalue weighted by Gasteiger charge is -2.33. The zero-order chi connectivity index (χ0) is 22.5. The van der Waals surface area contributed by atoms with Gasteiger partial charge in [-0.1, -0.05) is 17.3 Å². The van der Waals surface area contributed by atoms with E-state index in [1.54, 1.807) is 13.2 Å². The van der Waals surface area contributed by atoms with Crippen LogP contribution in [0.4, 0.5) is 10.1 Å². The fourth-order valence-electron chi connectivity index (χ4n) is 3.49. The molecule has 8 nitrogen and oxygen atoms in total. The summed E-state index contributed by atoms with van der Waals surface area (Å²) in [6, 6.07) is 13.0. The molecule has 0 radical (unpaired) electrons. The molecular weight excluding hydrogens is 415 g/mol. The molecule has 0 bridgehead atoms. The highest BCUT2D eigenvalue weighted by Gasteiger charge is 2.18. The second-order valence-electron chi connectivity index (χ2n) is 7.21. The molecule has 0 saturated carbocycles. The molecule has 0 spiro atoms. The van der Waals surface area contributed by atoms with Crippen molar-refractivity contribution in [2.75, 3.05) is 45.4 Å². The molecule has 0 aliphatic carbocycles. The van der Waals surface area contributed by atoms with Crippen molar-refractivity contribution in [1.29, 1.82) is 0 Å². The standard InChI is InChI=1S/C22H21FN4O3.CH4O/c1-28-9-10-29-20-13-19-16(11-17(20)23)22(25-24-19)21-12-18(26-30-21)14-3-5-15(6-4-14)27-7-2-8-27;1-2/h3-6,11-13H,2,7-10H2,1H3,(H,24,25);2H,1H3. The number of hydrogen-bond acceptors (Lipinski definition) is 7. The van der Waals surface area contributed by atoms with Gasteiger partial charge in [-0.3, -0.25) is 5.10 Å². The molecule has 1 saturated heterocycles. The summed E-state index contributed by atoms with van der Waals surface area (Å²) in [4.78, 5) is 2.33. The number of anilines is 1. The second kappa shape index (κ2) is 9.80. The zero-order valence-corrected chi connectivity index (χ0v) is 18.0. The maximum atomic E-state index is 14.5. The number of nitrogens with one attached hydrogen (secondary N) is 1. The minimum absolute atomic E-state index is 0.148. The van der Waals surface area contributed by atoms with Gasteiger partial charge in [0.15, 0.2) is 17.3 Å². The third-order valence-electron chi connectivity index (χ3n) is 5.29. The van der Waals surface area contributed by atoms with Crippen LogP contribution in [0.1, 0.15) is 6.42 Å². The molecule has 1 aliphatic rings. The Morgan fingerprint density at radius 2 is 1.91 bits per heavy atom. The van der Waals surface area contributed by atoms with Gasteiger partial charge >= 0.3 is 0 Å². The summed E-state index contributed by atoms with van der Waals surface area (Å²) in [7, 11) is 2.57. The molecule has 2 N–H and O–H groups in total. The first-order valence-electron chi connectivity index (χ1n) is 10.3. The number of H-pyrrole nitrogens is 1. The predicted octanol–water partition coefficient (Wildman–Crippen LogP) is 3.87. The number of fused-ring (bicyclic) bond motifs is 1. The number of aliphatic hydroxyl groups excluding tert-OH is 1. The fourth-order valence-corrected chi connectivity index (χ4v) is 3.49. The maximum Gasteiger partial charge on any atom is 0.188 e.